The number of para-hydroxylation sites is 1. The number of benzene rings is 2. The van der Waals surface area contributed by atoms with Crippen LogP contribution in [0.1, 0.15) is 12.5 Å². The lowest BCUT2D eigenvalue weighted by Gasteiger charge is -2.04. The summed E-state index contributed by atoms with van der Waals surface area (Å²) in [7, 11) is 0. The van der Waals surface area contributed by atoms with Crippen LogP contribution in [0, 0.1) is 0 Å². The van der Waals surface area contributed by atoms with E-state index < -0.39 is 0 Å². The van der Waals surface area contributed by atoms with Crippen LogP contribution in [0.4, 0.5) is 0 Å². The van der Waals surface area contributed by atoms with Gasteiger partial charge in [-0.1, -0.05) is 25.1 Å². The minimum absolute atomic E-state index is 0.108. The Morgan fingerprint density at radius 1 is 1.00 bits per heavy atom. The molecule has 3 rings (SSSR count). The molecule has 1 N–H and O–H groups in total. The van der Waals surface area contributed by atoms with Crippen molar-refractivity contribution < 1.29 is 0 Å². The van der Waals surface area contributed by atoms with Crippen molar-refractivity contribution in [2.45, 2.75) is 13.3 Å². The van der Waals surface area contributed by atoms with Gasteiger partial charge in [0.05, 0.1) is 5.52 Å². The number of hydrogen-bond donors (Lipinski definition) is 1. The number of fused-ring (bicyclic) bond motifs is 2. The SMILES string of the molecule is CCc1ccc2c(=O)c3ccccc3[nH]c2c1. The molecule has 2 nitrogen and oxygen atoms in total. The van der Waals surface area contributed by atoms with E-state index in [1.165, 1.54) is 5.56 Å². The molecule has 2 heteroatoms. The molecule has 0 bridgehead atoms. The van der Waals surface area contributed by atoms with Gasteiger partial charge < -0.3 is 4.98 Å². The highest BCUT2D eigenvalue weighted by atomic mass is 16.1. The average Bonchev–Trinajstić information content (AvgIpc) is 2.38. The second kappa shape index (κ2) is 3.74. The van der Waals surface area contributed by atoms with Crippen molar-refractivity contribution in [3.05, 3.63) is 58.3 Å². The van der Waals surface area contributed by atoms with Crippen molar-refractivity contribution in [3.8, 4) is 0 Å². The Morgan fingerprint density at radius 3 is 2.59 bits per heavy atom. The highest BCUT2D eigenvalue weighted by Gasteiger charge is 2.04. The maximum atomic E-state index is 12.3. The Balaban J connectivity index is 2.50. The summed E-state index contributed by atoms with van der Waals surface area (Å²) < 4.78 is 0. The highest BCUT2D eigenvalue weighted by Crippen LogP contribution is 2.16. The lowest BCUT2D eigenvalue weighted by atomic mass is 10.1. The minimum Gasteiger partial charge on any atom is -0.354 e. The predicted molar refractivity (Wildman–Crippen MR) is 71.5 cm³/mol. The van der Waals surface area contributed by atoms with Gasteiger partial charge in [-0.3, -0.25) is 4.79 Å². The fourth-order valence-electron chi connectivity index (χ4n) is 2.19. The van der Waals surface area contributed by atoms with E-state index in [0.29, 0.717) is 0 Å². The first-order valence-electron chi connectivity index (χ1n) is 5.83. The number of nitrogens with one attached hydrogen (secondary N) is 1. The van der Waals surface area contributed by atoms with E-state index >= 15 is 0 Å². The molecule has 0 saturated carbocycles. The molecule has 3 aromatic rings. The second-order valence-electron chi connectivity index (χ2n) is 4.23. The zero-order chi connectivity index (χ0) is 11.8. The van der Waals surface area contributed by atoms with Crippen LogP contribution in [0.3, 0.4) is 0 Å². The molecule has 0 aliphatic carbocycles. The largest absolute Gasteiger partial charge is 0.354 e. The molecule has 0 saturated heterocycles. The van der Waals surface area contributed by atoms with Crippen molar-refractivity contribution in [3.63, 3.8) is 0 Å². The summed E-state index contributed by atoms with van der Waals surface area (Å²) in [5, 5.41) is 1.52. The number of rotatable bonds is 1. The molecule has 0 amide bonds. The molecule has 0 spiro atoms. The predicted octanol–water partition coefficient (Wildman–Crippen LogP) is 3.24. The van der Waals surface area contributed by atoms with Gasteiger partial charge in [0.25, 0.3) is 0 Å². The summed E-state index contributed by atoms with van der Waals surface area (Å²) in [6, 6.07) is 13.6. The molecule has 0 radical (unpaired) electrons. The van der Waals surface area contributed by atoms with Gasteiger partial charge in [0, 0.05) is 16.3 Å². The topological polar surface area (TPSA) is 32.9 Å². The summed E-state index contributed by atoms with van der Waals surface area (Å²) >= 11 is 0. The van der Waals surface area contributed by atoms with Gasteiger partial charge in [-0.05, 0) is 36.2 Å². The Hall–Kier alpha value is -2.09. The smallest absolute Gasteiger partial charge is 0.197 e. The molecular formula is C15H13NO. The molecule has 0 aliphatic heterocycles. The van der Waals surface area contributed by atoms with Crippen LogP contribution in [0.25, 0.3) is 21.8 Å². The fraction of sp³-hybridized carbons (Fsp3) is 0.133. The number of aromatic amines is 1. The molecular weight excluding hydrogens is 210 g/mol. The molecule has 0 atom stereocenters. The lowest BCUT2D eigenvalue weighted by Crippen LogP contribution is -2.04. The first-order chi connectivity index (χ1) is 8.29. The Labute approximate surface area is 98.9 Å². The zero-order valence-electron chi connectivity index (χ0n) is 9.66. The number of aromatic nitrogens is 1. The molecule has 2 aromatic carbocycles. The number of pyridine rings is 1. The van der Waals surface area contributed by atoms with Crippen molar-refractivity contribution in [2.75, 3.05) is 0 Å². The van der Waals surface area contributed by atoms with Crippen LogP contribution in [0.2, 0.25) is 0 Å². The highest BCUT2D eigenvalue weighted by molar-refractivity contribution is 5.92. The van der Waals surface area contributed by atoms with E-state index in [1.54, 1.807) is 0 Å². The maximum absolute atomic E-state index is 12.3. The van der Waals surface area contributed by atoms with Crippen molar-refractivity contribution >= 4 is 21.8 Å². The van der Waals surface area contributed by atoms with Crippen LogP contribution >= 0.6 is 0 Å². The number of hydrogen-bond acceptors (Lipinski definition) is 1. The van der Waals surface area contributed by atoms with Crippen LogP contribution in [0.15, 0.2) is 47.3 Å². The van der Waals surface area contributed by atoms with Gasteiger partial charge in [0.2, 0.25) is 0 Å². The first kappa shape index (κ1) is 10.1. The summed E-state index contributed by atoms with van der Waals surface area (Å²) in [5.74, 6) is 0. The molecule has 1 aromatic heterocycles. The number of H-pyrrole nitrogens is 1. The maximum Gasteiger partial charge on any atom is 0.197 e. The molecule has 1 heterocycles. The molecule has 84 valence electrons. The van der Waals surface area contributed by atoms with Crippen LogP contribution < -0.4 is 5.43 Å². The summed E-state index contributed by atoms with van der Waals surface area (Å²) in [4.78, 5) is 15.6. The quantitative estimate of drug-likeness (QED) is 0.631. The third kappa shape index (κ3) is 1.53. The molecule has 0 unspecified atom stereocenters. The monoisotopic (exact) mass is 223 g/mol. The minimum atomic E-state index is 0.108. The van der Waals surface area contributed by atoms with Crippen molar-refractivity contribution in [1.29, 1.82) is 0 Å². The lowest BCUT2D eigenvalue weighted by molar-refractivity contribution is 1.14. The van der Waals surface area contributed by atoms with Gasteiger partial charge in [-0.25, -0.2) is 0 Å². The zero-order valence-corrected chi connectivity index (χ0v) is 9.66. The summed E-state index contributed by atoms with van der Waals surface area (Å²) in [6.07, 6.45) is 0.977. The van der Waals surface area contributed by atoms with Gasteiger partial charge in [-0.2, -0.15) is 0 Å². The van der Waals surface area contributed by atoms with Gasteiger partial charge in [0.15, 0.2) is 5.43 Å². The Bertz CT molecular complexity index is 756. The summed E-state index contributed by atoms with van der Waals surface area (Å²) in [5.41, 5.74) is 3.17. The van der Waals surface area contributed by atoms with Crippen LogP contribution in [-0.2, 0) is 6.42 Å². The third-order valence-electron chi connectivity index (χ3n) is 3.18. The van der Waals surface area contributed by atoms with E-state index in [9.17, 15) is 4.79 Å². The van der Waals surface area contributed by atoms with Crippen LogP contribution in [-0.4, -0.2) is 4.98 Å². The third-order valence-corrected chi connectivity index (χ3v) is 3.18. The van der Waals surface area contributed by atoms with Gasteiger partial charge >= 0.3 is 0 Å². The number of aryl methyl sites for hydroxylation is 1. The standard InChI is InChI=1S/C15H13NO/c1-2-10-7-8-12-14(9-10)16-13-6-4-3-5-11(13)15(12)17/h3-9H,2H2,1H3,(H,16,17). The van der Waals surface area contributed by atoms with E-state index in [1.807, 2.05) is 36.4 Å². The molecule has 17 heavy (non-hydrogen) atoms. The van der Waals surface area contributed by atoms with E-state index in [-0.39, 0.29) is 5.43 Å². The normalized spacial score (nSPS) is 11.1. The fourth-order valence-corrected chi connectivity index (χ4v) is 2.19. The molecule has 0 fully saturated rings. The van der Waals surface area contributed by atoms with E-state index in [2.05, 4.69) is 18.0 Å². The average molecular weight is 223 g/mol. The van der Waals surface area contributed by atoms with E-state index in [4.69, 9.17) is 0 Å². The van der Waals surface area contributed by atoms with Crippen molar-refractivity contribution in [1.82, 2.24) is 4.98 Å². The second-order valence-corrected chi connectivity index (χ2v) is 4.23. The van der Waals surface area contributed by atoms with Crippen molar-refractivity contribution in [2.24, 2.45) is 0 Å². The van der Waals surface area contributed by atoms with Gasteiger partial charge in [-0.15, -0.1) is 0 Å². The molecule has 0 aliphatic rings. The Morgan fingerprint density at radius 2 is 1.76 bits per heavy atom. The van der Waals surface area contributed by atoms with Crippen LogP contribution in [0.5, 0.6) is 0 Å². The Kier molecular flexibility index (Phi) is 2.22. The van der Waals surface area contributed by atoms with Gasteiger partial charge in [0.1, 0.15) is 0 Å². The first-order valence-corrected chi connectivity index (χ1v) is 5.83. The summed E-state index contributed by atoms with van der Waals surface area (Å²) in [6.45, 7) is 2.11. The van der Waals surface area contributed by atoms with E-state index in [0.717, 1.165) is 28.2 Å².